The second kappa shape index (κ2) is 7.75. The molecule has 0 spiro atoms. The van der Waals surface area contributed by atoms with Gasteiger partial charge in [0.1, 0.15) is 0 Å². The highest BCUT2D eigenvalue weighted by molar-refractivity contribution is 5.96. The Morgan fingerprint density at radius 3 is 2.89 bits per heavy atom. The molecule has 0 bridgehead atoms. The van der Waals surface area contributed by atoms with E-state index in [1.165, 1.54) is 12.1 Å². The van der Waals surface area contributed by atoms with Crippen LogP contribution in [0.3, 0.4) is 0 Å². The number of hydrogen-bond donors (Lipinski definition) is 1. The maximum absolute atomic E-state index is 13.5. The van der Waals surface area contributed by atoms with Crippen LogP contribution >= 0.6 is 0 Å². The number of hydrogen-bond acceptors (Lipinski definition) is 5. The van der Waals surface area contributed by atoms with Crippen molar-refractivity contribution in [1.82, 2.24) is 5.32 Å². The van der Waals surface area contributed by atoms with Crippen molar-refractivity contribution >= 4 is 17.5 Å². The molecule has 2 amide bonds. The van der Waals surface area contributed by atoms with E-state index < -0.39 is 5.82 Å². The molecule has 1 atom stereocenters. The molecule has 2 aliphatic heterocycles. The van der Waals surface area contributed by atoms with E-state index in [2.05, 4.69) is 5.32 Å². The van der Waals surface area contributed by atoms with Crippen LogP contribution in [0, 0.1) is 11.7 Å². The van der Waals surface area contributed by atoms with Crippen LogP contribution < -0.4 is 24.4 Å². The first-order chi connectivity index (χ1) is 13.6. The second-order valence-corrected chi connectivity index (χ2v) is 6.64. The molecule has 0 aliphatic carbocycles. The van der Waals surface area contributed by atoms with E-state index in [0.717, 1.165) is 5.69 Å². The summed E-state index contributed by atoms with van der Waals surface area (Å²) in [6.07, 6.45) is 0.336. The molecule has 28 heavy (non-hydrogen) atoms. The monoisotopic (exact) mass is 386 g/mol. The summed E-state index contributed by atoms with van der Waals surface area (Å²) in [4.78, 5) is 26.0. The zero-order chi connectivity index (χ0) is 19.5. The molecule has 0 aromatic heterocycles. The van der Waals surface area contributed by atoms with Gasteiger partial charge in [0.15, 0.2) is 29.7 Å². The summed E-state index contributed by atoms with van der Waals surface area (Å²) in [5.74, 6) is 0.397. The van der Waals surface area contributed by atoms with E-state index in [0.29, 0.717) is 31.0 Å². The number of amides is 2. The molecule has 0 unspecified atom stereocenters. The van der Waals surface area contributed by atoms with Crippen molar-refractivity contribution in [2.24, 2.45) is 5.92 Å². The van der Waals surface area contributed by atoms with Crippen LogP contribution in [0.25, 0.3) is 0 Å². The van der Waals surface area contributed by atoms with Gasteiger partial charge in [-0.2, -0.15) is 0 Å². The van der Waals surface area contributed by atoms with Crippen molar-refractivity contribution in [3.05, 3.63) is 48.3 Å². The molecule has 1 N–H and O–H groups in total. The van der Waals surface area contributed by atoms with Crippen molar-refractivity contribution in [3.8, 4) is 17.2 Å². The maximum atomic E-state index is 13.5. The Labute approximate surface area is 161 Å². The summed E-state index contributed by atoms with van der Waals surface area (Å²) < 4.78 is 29.3. The lowest BCUT2D eigenvalue weighted by Crippen LogP contribution is -2.34. The van der Waals surface area contributed by atoms with Crippen molar-refractivity contribution in [2.45, 2.75) is 6.42 Å². The van der Waals surface area contributed by atoms with Gasteiger partial charge in [0.25, 0.3) is 5.91 Å². The number of nitrogens with zero attached hydrogens (tertiary/aromatic N) is 1. The van der Waals surface area contributed by atoms with Crippen LogP contribution in [-0.4, -0.2) is 38.3 Å². The highest BCUT2D eigenvalue weighted by atomic mass is 19.1. The average Bonchev–Trinajstić information content (AvgIpc) is 3.31. The van der Waals surface area contributed by atoms with Crippen LogP contribution in [0.5, 0.6) is 17.2 Å². The number of ether oxygens (including phenoxy) is 3. The lowest BCUT2D eigenvalue weighted by Gasteiger charge is -2.17. The van der Waals surface area contributed by atoms with Crippen LogP contribution in [-0.2, 0) is 9.59 Å². The predicted octanol–water partition coefficient (Wildman–Crippen LogP) is 2.10. The fraction of sp³-hybridized carbons (Fsp3) is 0.300. The quantitative estimate of drug-likeness (QED) is 0.823. The number of benzene rings is 2. The van der Waals surface area contributed by atoms with Crippen LogP contribution in [0.4, 0.5) is 10.1 Å². The second-order valence-electron chi connectivity index (χ2n) is 6.64. The molecule has 8 heteroatoms. The summed E-state index contributed by atoms with van der Waals surface area (Å²) in [5, 5.41) is 2.74. The summed E-state index contributed by atoms with van der Waals surface area (Å²) in [6.45, 7) is 0.725. The molecule has 2 aromatic carbocycles. The van der Waals surface area contributed by atoms with Crippen LogP contribution in [0.15, 0.2) is 42.5 Å². The Hall–Kier alpha value is -3.29. The van der Waals surface area contributed by atoms with Gasteiger partial charge >= 0.3 is 0 Å². The highest BCUT2D eigenvalue weighted by Crippen LogP contribution is 2.37. The average molecular weight is 386 g/mol. The van der Waals surface area contributed by atoms with Gasteiger partial charge in [-0.05, 0) is 24.3 Å². The molecule has 7 nitrogen and oxygen atoms in total. The van der Waals surface area contributed by atoms with E-state index in [1.54, 1.807) is 29.2 Å². The minimum absolute atomic E-state index is 0.0132. The van der Waals surface area contributed by atoms with Crippen LogP contribution in [0.1, 0.15) is 6.42 Å². The lowest BCUT2D eigenvalue weighted by molar-refractivity contribution is -0.123. The van der Waals surface area contributed by atoms with Crippen molar-refractivity contribution in [1.29, 1.82) is 0 Å². The number of carbonyl (C=O) groups excluding carboxylic acids is 2. The summed E-state index contributed by atoms with van der Waals surface area (Å²) >= 11 is 0. The summed E-state index contributed by atoms with van der Waals surface area (Å²) in [5.41, 5.74) is 0.742. The molecule has 2 aliphatic rings. The number of halogens is 1. The SMILES string of the molecule is O=C(COc1ccccc1F)NC[C@H]1CC(=O)N(c2ccc3c(c2)OCO3)C1. The van der Waals surface area contributed by atoms with E-state index >= 15 is 0 Å². The fourth-order valence-corrected chi connectivity index (χ4v) is 3.24. The zero-order valence-corrected chi connectivity index (χ0v) is 15.0. The Balaban J connectivity index is 1.27. The first-order valence-corrected chi connectivity index (χ1v) is 8.94. The van der Waals surface area contributed by atoms with Crippen LogP contribution in [0.2, 0.25) is 0 Å². The maximum Gasteiger partial charge on any atom is 0.257 e. The van der Waals surface area contributed by atoms with Gasteiger partial charge in [-0.15, -0.1) is 0 Å². The Kier molecular flexibility index (Phi) is 5.01. The Bertz CT molecular complexity index is 904. The van der Waals surface area contributed by atoms with Gasteiger partial charge in [0.05, 0.1) is 0 Å². The largest absolute Gasteiger partial charge is 0.481 e. The minimum Gasteiger partial charge on any atom is -0.481 e. The molecule has 146 valence electrons. The van der Waals surface area contributed by atoms with Gasteiger partial charge in [-0.25, -0.2) is 4.39 Å². The van der Waals surface area contributed by atoms with E-state index in [9.17, 15) is 14.0 Å². The minimum atomic E-state index is -0.518. The van der Waals surface area contributed by atoms with Gasteiger partial charge < -0.3 is 24.4 Å². The molecule has 2 aromatic rings. The molecule has 0 saturated carbocycles. The summed E-state index contributed by atoms with van der Waals surface area (Å²) in [6, 6.07) is 11.3. The third kappa shape index (κ3) is 3.85. The third-order valence-corrected chi connectivity index (χ3v) is 4.66. The number of anilines is 1. The van der Waals surface area contributed by atoms with E-state index in [1.807, 2.05) is 6.07 Å². The van der Waals surface area contributed by atoms with E-state index in [4.69, 9.17) is 14.2 Å². The topological polar surface area (TPSA) is 77.1 Å². The van der Waals surface area contributed by atoms with Gasteiger partial charge in [0, 0.05) is 37.2 Å². The molecule has 4 rings (SSSR count). The third-order valence-electron chi connectivity index (χ3n) is 4.66. The Morgan fingerprint density at radius 1 is 1.21 bits per heavy atom. The number of rotatable bonds is 6. The Morgan fingerprint density at radius 2 is 2.04 bits per heavy atom. The molecular weight excluding hydrogens is 367 g/mol. The van der Waals surface area contributed by atoms with Crippen molar-refractivity contribution < 1.29 is 28.2 Å². The first-order valence-electron chi connectivity index (χ1n) is 8.94. The number of nitrogens with one attached hydrogen (secondary N) is 1. The fourth-order valence-electron chi connectivity index (χ4n) is 3.24. The number of fused-ring (bicyclic) bond motifs is 1. The normalized spacial score (nSPS) is 17.7. The standard InChI is InChI=1S/C20H19FN2O5/c21-15-3-1-2-4-16(15)26-11-19(24)22-9-13-7-20(25)23(10-13)14-5-6-17-18(8-14)28-12-27-17/h1-6,8,13H,7,9-12H2,(H,22,24)/t13-/m1/s1. The molecule has 2 heterocycles. The van der Waals surface area contributed by atoms with Gasteiger partial charge in [-0.3, -0.25) is 9.59 Å². The zero-order valence-electron chi connectivity index (χ0n) is 15.0. The molecule has 0 radical (unpaired) electrons. The lowest BCUT2D eigenvalue weighted by atomic mass is 10.1. The molecular formula is C20H19FN2O5. The molecule has 1 fully saturated rings. The predicted molar refractivity (Wildman–Crippen MR) is 97.9 cm³/mol. The first kappa shape index (κ1) is 18.1. The van der Waals surface area contributed by atoms with Crippen molar-refractivity contribution in [3.63, 3.8) is 0 Å². The van der Waals surface area contributed by atoms with Crippen molar-refractivity contribution in [2.75, 3.05) is 31.4 Å². The number of carbonyl (C=O) groups is 2. The highest BCUT2D eigenvalue weighted by Gasteiger charge is 2.31. The van der Waals surface area contributed by atoms with Gasteiger partial charge in [0.2, 0.25) is 12.7 Å². The number of para-hydroxylation sites is 1. The summed E-state index contributed by atoms with van der Waals surface area (Å²) in [7, 11) is 0. The smallest absolute Gasteiger partial charge is 0.257 e. The van der Waals surface area contributed by atoms with E-state index in [-0.39, 0.29) is 36.9 Å². The molecule has 1 saturated heterocycles. The van der Waals surface area contributed by atoms with Gasteiger partial charge in [-0.1, -0.05) is 12.1 Å².